The lowest BCUT2D eigenvalue weighted by Gasteiger charge is -2.12. The first kappa shape index (κ1) is 21.0. The molecular weight excluding hydrogens is 414 g/mol. The predicted octanol–water partition coefficient (Wildman–Crippen LogP) is 3.18. The van der Waals surface area contributed by atoms with Gasteiger partial charge in [0.1, 0.15) is 11.2 Å². The molecule has 0 atom stereocenters. The Morgan fingerprint density at radius 3 is 2.74 bits per heavy atom. The molecule has 1 aromatic carbocycles. The van der Waals surface area contributed by atoms with Gasteiger partial charge in [0.05, 0.1) is 5.52 Å². The van der Waals surface area contributed by atoms with Crippen LogP contribution < -0.4 is 16.6 Å². The third-order valence-corrected chi connectivity index (χ3v) is 6.31. The number of nitrogens with zero attached hydrogens (tertiary/aromatic N) is 4. The molecule has 0 bridgehead atoms. The molecule has 3 heterocycles. The molecule has 3 aromatic heterocycles. The number of carbonyl (C=O) groups is 1. The summed E-state index contributed by atoms with van der Waals surface area (Å²) in [6.45, 7) is 6.24. The van der Waals surface area contributed by atoms with E-state index in [0.717, 1.165) is 40.8 Å². The number of hydrogen-bond donors (Lipinski definition) is 1. The number of aryl methyl sites for hydroxylation is 3. The van der Waals surface area contributed by atoms with Gasteiger partial charge < -0.3 is 5.32 Å². The van der Waals surface area contributed by atoms with Crippen LogP contribution in [0.4, 0.5) is 5.69 Å². The summed E-state index contributed by atoms with van der Waals surface area (Å²) in [5.41, 5.74) is 2.71. The number of benzene rings is 1. The minimum atomic E-state index is -0.431. The van der Waals surface area contributed by atoms with Crippen molar-refractivity contribution in [3.05, 3.63) is 61.6 Å². The number of hydrogen-bond acceptors (Lipinski definition) is 5. The van der Waals surface area contributed by atoms with E-state index in [1.165, 1.54) is 20.3 Å². The maximum Gasteiger partial charge on any atom is 0.352 e. The molecule has 0 saturated carbocycles. The molecule has 8 nitrogen and oxygen atoms in total. The molecule has 4 aromatic rings. The summed E-state index contributed by atoms with van der Waals surface area (Å²) < 4.78 is 4.62. The van der Waals surface area contributed by atoms with Crippen molar-refractivity contribution < 1.29 is 4.79 Å². The van der Waals surface area contributed by atoms with Crippen molar-refractivity contribution >= 4 is 38.9 Å². The normalized spacial score (nSPS) is 11.5. The molecule has 1 N–H and O–H groups in total. The molecule has 1 amide bonds. The highest BCUT2D eigenvalue weighted by Crippen LogP contribution is 2.21. The Labute approximate surface area is 182 Å². The first-order chi connectivity index (χ1) is 15.0. The van der Waals surface area contributed by atoms with Gasteiger partial charge in [-0.05, 0) is 42.3 Å². The number of nitrogens with one attached hydrogen (secondary N) is 1. The van der Waals surface area contributed by atoms with E-state index in [9.17, 15) is 14.4 Å². The molecule has 0 aliphatic carbocycles. The van der Waals surface area contributed by atoms with Gasteiger partial charge in [0.2, 0.25) is 11.7 Å². The highest BCUT2D eigenvalue weighted by atomic mass is 32.1. The number of unbranched alkanes of at least 4 members (excludes halogenated alkanes) is 1. The first-order valence-electron chi connectivity index (χ1n) is 10.4. The molecule has 0 radical (unpaired) electrons. The lowest BCUT2D eigenvalue weighted by Crippen LogP contribution is -2.29. The quantitative estimate of drug-likeness (QED) is 0.479. The number of fused-ring (bicyclic) bond motifs is 3. The number of amides is 1. The van der Waals surface area contributed by atoms with Gasteiger partial charge in [0.25, 0.3) is 5.56 Å². The van der Waals surface area contributed by atoms with Crippen molar-refractivity contribution in [2.45, 2.75) is 53.1 Å². The molecule has 31 heavy (non-hydrogen) atoms. The van der Waals surface area contributed by atoms with Crippen LogP contribution in [0.2, 0.25) is 0 Å². The Balaban J connectivity index is 1.76. The van der Waals surface area contributed by atoms with Gasteiger partial charge in [0, 0.05) is 12.2 Å². The Hall–Kier alpha value is -3.20. The predicted molar refractivity (Wildman–Crippen MR) is 123 cm³/mol. The average Bonchev–Trinajstić information content (AvgIpc) is 3.35. The summed E-state index contributed by atoms with van der Waals surface area (Å²) in [7, 11) is 0. The van der Waals surface area contributed by atoms with E-state index in [1.807, 2.05) is 39.0 Å². The summed E-state index contributed by atoms with van der Waals surface area (Å²) >= 11 is 1.31. The van der Waals surface area contributed by atoms with Crippen LogP contribution in [0.15, 0.2) is 39.2 Å². The fraction of sp³-hybridized carbons (Fsp3) is 0.364. The SMILES string of the molecule is CCCCn1c(=O)c2sccc2n2c(=O)n(CC(=O)Nc3c(C)cccc3CC)nc12. The van der Waals surface area contributed by atoms with Crippen LogP contribution in [0.25, 0.3) is 16.0 Å². The molecule has 4 rings (SSSR count). The third kappa shape index (κ3) is 3.69. The molecule has 0 saturated heterocycles. The minimum absolute atomic E-state index is 0.153. The van der Waals surface area contributed by atoms with Gasteiger partial charge in [0.15, 0.2) is 0 Å². The van der Waals surface area contributed by atoms with Gasteiger partial charge in [-0.2, -0.15) is 0 Å². The lowest BCUT2D eigenvalue weighted by atomic mass is 10.1. The van der Waals surface area contributed by atoms with E-state index in [1.54, 1.807) is 11.4 Å². The highest BCUT2D eigenvalue weighted by molar-refractivity contribution is 7.17. The van der Waals surface area contributed by atoms with Crippen molar-refractivity contribution in [3.8, 4) is 0 Å². The summed E-state index contributed by atoms with van der Waals surface area (Å²) in [5, 5.41) is 9.09. The fourth-order valence-electron chi connectivity index (χ4n) is 3.77. The van der Waals surface area contributed by atoms with Gasteiger partial charge in [-0.3, -0.25) is 14.2 Å². The van der Waals surface area contributed by atoms with E-state index in [4.69, 9.17) is 0 Å². The summed E-state index contributed by atoms with van der Waals surface area (Å²) in [4.78, 5) is 38.8. The molecule has 0 fully saturated rings. The number of rotatable bonds is 7. The molecular formula is C22H25N5O3S. The number of para-hydroxylation sites is 1. The first-order valence-corrected chi connectivity index (χ1v) is 11.3. The topological polar surface area (TPSA) is 90.4 Å². The maximum atomic E-state index is 13.1. The smallest absolute Gasteiger partial charge is 0.324 e. The zero-order valence-corrected chi connectivity index (χ0v) is 18.7. The van der Waals surface area contributed by atoms with Crippen molar-refractivity contribution in [2.75, 3.05) is 5.32 Å². The van der Waals surface area contributed by atoms with Crippen LogP contribution >= 0.6 is 11.3 Å². The summed E-state index contributed by atoms with van der Waals surface area (Å²) in [6.07, 6.45) is 2.48. The van der Waals surface area contributed by atoms with Crippen molar-refractivity contribution in [3.63, 3.8) is 0 Å². The standard InChI is InChI=1S/C22H25N5O3S/c1-4-6-11-25-20(29)19-16(10-12-31-19)27-21(25)24-26(22(27)30)13-17(28)23-18-14(3)8-7-9-15(18)5-2/h7-10,12H,4-6,11,13H2,1-3H3,(H,23,28). The average molecular weight is 440 g/mol. The van der Waals surface area contributed by atoms with E-state index in [-0.39, 0.29) is 23.8 Å². The Bertz CT molecular complexity index is 1390. The van der Waals surface area contributed by atoms with Crippen LogP contribution in [0.1, 0.15) is 37.8 Å². The second-order valence-corrected chi connectivity index (χ2v) is 8.45. The largest absolute Gasteiger partial charge is 0.352 e. The monoisotopic (exact) mass is 439 g/mol. The second kappa shape index (κ2) is 8.50. The van der Waals surface area contributed by atoms with E-state index in [0.29, 0.717) is 16.8 Å². The lowest BCUT2D eigenvalue weighted by molar-refractivity contribution is -0.117. The van der Waals surface area contributed by atoms with Crippen molar-refractivity contribution in [1.82, 2.24) is 18.7 Å². The maximum absolute atomic E-state index is 13.1. The number of thiophene rings is 1. The van der Waals surface area contributed by atoms with Gasteiger partial charge in [-0.15, -0.1) is 16.4 Å². The number of carbonyl (C=O) groups excluding carboxylic acids is 1. The highest BCUT2D eigenvalue weighted by Gasteiger charge is 2.19. The zero-order chi connectivity index (χ0) is 22.1. The summed E-state index contributed by atoms with van der Waals surface area (Å²) in [6, 6.07) is 7.61. The van der Waals surface area contributed by atoms with E-state index in [2.05, 4.69) is 10.4 Å². The molecule has 0 unspecified atom stereocenters. The van der Waals surface area contributed by atoms with Gasteiger partial charge >= 0.3 is 5.69 Å². The van der Waals surface area contributed by atoms with Crippen LogP contribution in [0, 0.1) is 6.92 Å². The third-order valence-electron chi connectivity index (χ3n) is 5.42. The van der Waals surface area contributed by atoms with Crippen molar-refractivity contribution in [2.24, 2.45) is 0 Å². The fourth-order valence-corrected chi connectivity index (χ4v) is 4.60. The van der Waals surface area contributed by atoms with E-state index < -0.39 is 5.69 Å². The van der Waals surface area contributed by atoms with Crippen LogP contribution in [-0.4, -0.2) is 24.7 Å². The Kier molecular flexibility index (Phi) is 5.77. The summed E-state index contributed by atoms with van der Waals surface area (Å²) in [5.74, 6) is -0.0641. The number of anilines is 1. The zero-order valence-electron chi connectivity index (χ0n) is 17.8. The molecule has 0 aliphatic heterocycles. The number of aromatic nitrogens is 4. The molecule has 162 valence electrons. The second-order valence-electron chi connectivity index (χ2n) is 7.53. The van der Waals surface area contributed by atoms with Crippen LogP contribution in [0.5, 0.6) is 0 Å². The Morgan fingerprint density at radius 1 is 1.19 bits per heavy atom. The molecule has 9 heteroatoms. The minimum Gasteiger partial charge on any atom is -0.324 e. The van der Waals surface area contributed by atoms with Gasteiger partial charge in [-0.25, -0.2) is 13.9 Å². The van der Waals surface area contributed by atoms with E-state index >= 15 is 0 Å². The van der Waals surface area contributed by atoms with Crippen molar-refractivity contribution in [1.29, 1.82) is 0 Å². The van der Waals surface area contributed by atoms with Crippen LogP contribution in [-0.2, 0) is 24.3 Å². The Morgan fingerprint density at radius 2 is 2.00 bits per heavy atom. The molecule has 0 aliphatic rings. The van der Waals surface area contributed by atoms with Crippen LogP contribution in [0.3, 0.4) is 0 Å². The molecule has 0 spiro atoms. The van der Waals surface area contributed by atoms with Gasteiger partial charge in [-0.1, -0.05) is 38.5 Å².